The maximum absolute atomic E-state index is 13.9. The molecule has 2 N–H and O–H groups in total. The summed E-state index contributed by atoms with van der Waals surface area (Å²) in [5.41, 5.74) is 1.26. The van der Waals surface area contributed by atoms with Crippen LogP contribution in [-0.4, -0.2) is 64.1 Å². The molecule has 2 aromatic carbocycles. The second kappa shape index (κ2) is 14.8. The number of carbonyl (C=O) groups is 5. The number of rotatable bonds is 11. The summed E-state index contributed by atoms with van der Waals surface area (Å²) >= 11 is 1.34. The number of nitrogens with one attached hydrogen (secondary N) is 2. The van der Waals surface area contributed by atoms with E-state index in [9.17, 15) is 24.0 Å². The number of furan rings is 1. The number of β-lactam (4-membered cyclic amide) rings is 1. The first-order chi connectivity index (χ1) is 22.9. The standard InChI is InChI=1S/C35H37N3O9S/c1-21(39)44-19-24-20-48-32-28(37-27(40)17-25-15-16-26(45-25)18-36-34(43)47-35(2,3)4)31(41)38(32)29(24)33(42)46-30(22-11-7-5-8-12-22)23-13-9-6-10-14-23/h5-16,28,30,32H,17-20H2,1-4H3,(H,36,43)(H,37,40)/t28-,32-/m1/s1. The average Bonchev–Trinajstić information content (AvgIpc) is 3.50. The Balaban J connectivity index is 1.27. The van der Waals surface area contributed by atoms with E-state index >= 15 is 0 Å². The molecule has 0 bridgehead atoms. The van der Waals surface area contributed by atoms with Crippen molar-refractivity contribution < 1.29 is 42.6 Å². The van der Waals surface area contributed by atoms with Crippen LogP contribution >= 0.6 is 11.8 Å². The molecule has 5 rings (SSSR count). The van der Waals surface area contributed by atoms with Gasteiger partial charge in [-0.15, -0.1) is 11.8 Å². The van der Waals surface area contributed by atoms with Crippen LogP contribution in [0.5, 0.6) is 0 Å². The van der Waals surface area contributed by atoms with E-state index in [-0.39, 0.29) is 31.0 Å². The highest BCUT2D eigenvalue weighted by molar-refractivity contribution is 8.00. The molecule has 2 atom stereocenters. The second-order valence-corrected chi connectivity index (χ2v) is 13.3. The predicted molar refractivity (Wildman–Crippen MR) is 175 cm³/mol. The lowest BCUT2D eigenvalue weighted by molar-refractivity contribution is -0.155. The summed E-state index contributed by atoms with van der Waals surface area (Å²) in [5, 5.41) is 4.77. The van der Waals surface area contributed by atoms with Gasteiger partial charge >= 0.3 is 18.0 Å². The van der Waals surface area contributed by atoms with Gasteiger partial charge < -0.3 is 29.3 Å². The highest BCUT2D eigenvalue weighted by Gasteiger charge is 2.54. The largest absolute Gasteiger partial charge is 0.464 e. The molecule has 13 heteroatoms. The molecule has 0 radical (unpaired) electrons. The fourth-order valence-corrected chi connectivity index (χ4v) is 6.51. The van der Waals surface area contributed by atoms with Crippen molar-refractivity contribution in [2.75, 3.05) is 12.4 Å². The molecule has 1 aromatic heterocycles. The molecule has 1 fully saturated rings. The Morgan fingerprint density at radius 2 is 1.58 bits per heavy atom. The van der Waals surface area contributed by atoms with Gasteiger partial charge in [0, 0.05) is 18.2 Å². The SMILES string of the molecule is CC(=O)OCC1=C(C(=O)OC(c2ccccc2)c2ccccc2)N2C(=O)[C@@H](NC(=O)Cc3ccc(CNC(=O)OC(C)(C)C)o3)[C@H]2SC1. The summed E-state index contributed by atoms with van der Waals surface area (Å²) < 4.78 is 22.2. The number of ether oxygens (including phenoxy) is 3. The van der Waals surface area contributed by atoms with Crippen molar-refractivity contribution in [2.45, 2.75) is 63.8 Å². The number of hydrogen-bond acceptors (Lipinski definition) is 10. The molecule has 0 spiro atoms. The molecule has 0 saturated carbocycles. The molecule has 3 amide bonds. The van der Waals surface area contributed by atoms with Crippen LogP contribution in [0.3, 0.4) is 0 Å². The van der Waals surface area contributed by atoms with Crippen LogP contribution in [0, 0.1) is 0 Å². The van der Waals surface area contributed by atoms with Crippen molar-refractivity contribution in [1.82, 2.24) is 15.5 Å². The number of hydrogen-bond donors (Lipinski definition) is 2. The van der Waals surface area contributed by atoms with E-state index in [1.54, 1.807) is 32.9 Å². The molecule has 2 aliphatic heterocycles. The molecule has 48 heavy (non-hydrogen) atoms. The maximum Gasteiger partial charge on any atom is 0.408 e. The Labute approximate surface area is 282 Å². The molecule has 252 valence electrons. The number of amides is 3. The lowest BCUT2D eigenvalue weighted by Crippen LogP contribution is -2.70. The van der Waals surface area contributed by atoms with Crippen LogP contribution in [0.15, 0.2) is 88.5 Å². The highest BCUT2D eigenvalue weighted by atomic mass is 32.2. The first-order valence-electron chi connectivity index (χ1n) is 15.3. The smallest absolute Gasteiger partial charge is 0.408 e. The third-order valence-electron chi connectivity index (χ3n) is 7.29. The number of esters is 2. The third-order valence-corrected chi connectivity index (χ3v) is 8.63. The molecular weight excluding hydrogens is 638 g/mol. The topological polar surface area (TPSA) is 153 Å². The van der Waals surface area contributed by atoms with Crippen LogP contribution in [0.2, 0.25) is 0 Å². The first-order valence-corrected chi connectivity index (χ1v) is 16.4. The van der Waals surface area contributed by atoms with Crippen molar-refractivity contribution in [3.05, 3.63) is 107 Å². The van der Waals surface area contributed by atoms with Gasteiger partial charge in [-0.2, -0.15) is 0 Å². The second-order valence-electron chi connectivity index (χ2n) is 12.2. The van der Waals surface area contributed by atoms with Gasteiger partial charge in [-0.25, -0.2) is 9.59 Å². The lowest BCUT2D eigenvalue weighted by atomic mass is 10.0. The molecule has 2 aliphatic rings. The van der Waals surface area contributed by atoms with E-state index in [1.165, 1.54) is 23.6 Å². The van der Waals surface area contributed by atoms with E-state index in [2.05, 4.69) is 10.6 Å². The number of fused-ring (bicyclic) bond motifs is 1. The summed E-state index contributed by atoms with van der Waals surface area (Å²) in [6.07, 6.45) is -1.51. The Kier molecular flexibility index (Phi) is 10.6. The van der Waals surface area contributed by atoms with Crippen LogP contribution in [0.4, 0.5) is 4.79 Å². The average molecular weight is 676 g/mol. The van der Waals surface area contributed by atoms with Crippen LogP contribution < -0.4 is 10.6 Å². The summed E-state index contributed by atoms with van der Waals surface area (Å²) in [5.74, 6) is -1.19. The van der Waals surface area contributed by atoms with Crippen molar-refractivity contribution in [3.63, 3.8) is 0 Å². The number of benzene rings is 2. The molecule has 1 saturated heterocycles. The van der Waals surface area contributed by atoms with Gasteiger partial charge in [-0.05, 0) is 44.0 Å². The minimum Gasteiger partial charge on any atom is -0.464 e. The van der Waals surface area contributed by atoms with Gasteiger partial charge in [0.05, 0.1) is 13.0 Å². The van der Waals surface area contributed by atoms with Crippen molar-refractivity contribution in [1.29, 1.82) is 0 Å². The van der Waals surface area contributed by atoms with Crippen LogP contribution in [-0.2, 0) is 46.4 Å². The zero-order chi connectivity index (χ0) is 34.4. The van der Waals surface area contributed by atoms with Gasteiger partial charge in [0.15, 0.2) is 6.10 Å². The minimum atomic E-state index is -0.900. The zero-order valence-electron chi connectivity index (χ0n) is 27.0. The number of thioether (sulfide) groups is 1. The van der Waals surface area contributed by atoms with Gasteiger partial charge in [0.25, 0.3) is 5.91 Å². The van der Waals surface area contributed by atoms with Crippen molar-refractivity contribution in [2.24, 2.45) is 0 Å². The Morgan fingerprint density at radius 1 is 0.958 bits per heavy atom. The van der Waals surface area contributed by atoms with Crippen LogP contribution in [0.25, 0.3) is 0 Å². The Morgan fingerprint density at radius 3 is 2.19 bits per heavy atom. The van der Waals surface area contributed by atoms with E-state index in [0.717, 1.165) is 11.1 Å². The monoisotopic (exact) mass is 675 g/mol. The molecule has 0 aliphatic carbocycles. The first kappa shape index (κ1) is 34.3. The molecule has 0 unspecified atom stereocenters. The highest BCUT2D eigenvalue weighted by Crippen LogP contribution is 2.41. The van der Waals surface area contributed by atoms with Crippen molar-refractivity contribution in [3.8, 4) is 0 Å². The van der Waals surface area contributed by atoms with Crippen LogP contribution in [0.1, 0.15) is 56.4 Å². The summed E-state index contributed by atoms with van der Waals surface area (Å²) in [6.45, 7) is 6.41. The number of carbonyl (C=O) groups excluding carboxylic acids is 5. The van der Waals surface area contributed by atoms with Gasteiger partial charge in [-0.1, -0.05) is 60.7 Å². The van der Waals surface area contributed by atoms with Gasteiger partial charge in [0.1, 0.15) is 40.8 Å². The molecule has 3 aromatic rings. The van der Waals surface area contributed by atoms with E-state index in [0.29, 0.717) is 17.1 Å². The molecule has 3 heterocycles. The molecular formula is C35H37N3O9S. The summed E-state index contributed by atoms with van der Waals surface area (Å²) in [4.78, 5) is 65.3. The molecule has 12 nitrogen and oxygen atoms in total. The summed E-state index contributed by atoms with van der Waals surface area (Å²) in [6, 6.07) is 20.8. The van der Waals surface area contributed by atoms with E-state index < -0.39 is 53.0 Å². The lowest BCUT2D eigenvalue weighted by Gasteiger charge is -2.49. The zero-order valence-corrected chi connectivity index (χ0v) is 27.8. The van der Waals surface area contributed by atoms with E-state index in [4.69, 9.17) is 18.6 Å². The Bertz CT molecular complexity index is 1660. The number of alkyl carbamates (subject to hydrolysis) is 1. The normalized spacial score (nSPS) is 17.3. The quantitative estimate of drug-likeness (QED) is 0.170. The van der Waals surface area contributed by atoms with Gasteiger partial charge in [-0.3, -0.25) is 19.3 Å². The van der Waals surface area contributed by atoms with E-state index in [1.807, 2.05) is 60.7 Å². The summed E-state index contributed by atoms with van der Waals surface area (Å²) in [7, 11) is 0. The fraction of sp³-hybridized carbons (Fsp3) is 0.343. The Hall–Kier alpha value is -5.04. The number of nitrogens with zero attached hydrogens (tertiary/aromatic N) is 1. The fourth-order valence-electron chi connectivity index (χ4n) is 5.19. The van der Waals surface area contributed by atoms with Crippen molar-refractivity contribution >= 4 is 41.6 Å². The van der Waals surface area contributed by atoms with Gasteiger partial charge in [0.2, 0.25) is 5.91 Å². The third kappa shape index (κ3) is 8.45. The minimum absolute atomic E-state index is 0.000486. The predicted octanol–water partition coefficient (Wildman–Crippen LogP) is 4.40. The maximum atomic E-state index is 13.9.